The van der Waals surface area contributed by atoms with Crippen LogP contribution in [0.15, 0.2) is 94.6 Å². The minimum Gasteiger partial charge on any atom is -0.496 e. The van der Waals surface area contributed by atoms with Gasteiger partial charge in [0.2, 0.25) is 0 Å². The Morgan fingerprint density at radius 2 is 1.93 bits per heavy atom. The maximum atomic E-state index is 14.0. The second-order valence-corrected chi connectivity index (χ2v) is 10.4. The molecule has 1 aliphatic carbocycles. The molecule has 1 aliphatic heterocycles. The van der Waals surface area contributed by atoms with Crippen molar-refractivity contribution in [3.8, 4) is 11.8 Å². The SMILES string of the molecule is COc1ccc([C@H]2C(C#N)=C(N)N(c3ccccc3C(F)(F)F)C3=C2C(=O)CCC3)cc1CSc1ccccn1. The second-order valence-electron chi connectivity index (χ2n) is 9.36. The molecule has 2 aromatic carbocycles. The lowest BCUT2D eigenvalue weighted by Crippen LogP contribution is -2.39. The third-order valence-corrected chi connectivity index (χ3v) is 8.01. The second kappa shape index (κ2) is 11.1. The first-order valence-corrected chi connectivity index (χ1v) is 13.6. The molecule has 0 saturated heterocycles. The van der Waals surface area contributed by atoms with Crippen LogP contribution < -0.4 is 15.4 Å². The fourth-order valence-corrected chi connectivity index (χ4v) is 6.12. The van der Waals surface area contributed by atoms with Gasteiger partial charge in [-0.05, 0) is 48.7 Å². The molecule has 2 heterocycles. The molecule has 3 aromatic rings. The molecule has 0 spiro atoms. The summed E-state index contributed by atoms with van der Waals surface area (Å²) < 4.78 is 47.6. The number of nitrogens with zero attached hydrogens (tertiary/aromatic N) is 3. The van der Waals surface area contributed by atoms with E-state index < -0.39 is 17.7 Å². The average Bonchev–Trinajstić information content (AvgIpc) is 2.95. The number of carbonyl (C=O) groups is 1. The molecule has 204 valence electrons. The number of hydrogen-bond acceptors (Lipinski definition) is 7. The van der Waals surface area contributed by atoms with Gasteiger partial charge in [0.25, 0.3) is 0 Å². The van der Waals surface area contributed by atoms with Crippen molar-refractivity contribution in [2.45, 2.75) is 42.1 Å². The topological polar surface area (TPSA) is 92.2 Å². The fourth-order valence-electron chi connectivity index (χ4n) is 5.28. The first-order chi connectivity index (χ1) is 19.2. The van der Waals surface area contributed by atoms with Gasteiger partial charge in [-0.25, -0.2) is 4.98 Å². The van der Waals surface area contributed by atoms with Crippen LogP contribution in [0.1, 0.15) is 41.9 Å². The lowest BCUT2D eigenvalue weighted by Gasteiger charge is -2.40. The Bertz CT molecular complexity index is 1560. The minimum absolute atomic E-state index is 0.0273. The highest BCUT2D eigenvalue weighted by molar-refractivity contribution is 7.98. The summed E-state index contributed by atoms with van der Waals surface area (Å²) in [5, 5.41) is 11.1. The average molecular weight is 563 g/mol. The molecule has 2 N–H and O–H groups in total. The molecule has 1 atom stereocenters. The van der Waals surface area contributed by atoms with Crippen molar-refractivity contribution in [1.82, 2.24) is 4.98 Å². The summed E-state index contributed by atoms with van der Waals surface area (Å²) >= 11 is 1.50. The molecule has 6 nitrogen and oxygen atoms in total. The summed E-state index contributed by atoms with van der Waals surface area (Å²) in [6.07, 6.45) is -1.89. The molecule has 2 aliphatic rings. The van der Waals surface area contributed by atoms with E-state index in [0.29, 0.717) is 41.2 Å². The molecule has 0 amide bonds. The first kappa shape index (κ1) is 27.3. The van der Waals surface area contributed by atoms with E-state index >= 15 is 0 Å². The van der Waals surface area contributed by atoms with Crippen LogP contribution in [0.25, 0.3) is 0 Å². The van der Waals surface area contributed by atoms with Crippen LogP contribution >= 0.6 is 11.8 Å². The zero-order valence-electron chi connectivity index (χ0n) is 21.5. The number of rotatable bonds is 6. The van der Waals surface area contributed by atoms with Gasteiger partial charge in [-0.1, -0.05) is 30.3 Å². The van der Waals surface area contributed by atoms with E-state index in [1.54, 1.807) is 25.4 Å². The Balaban J connectivity index is 1.65. The number of aromatic nitrogens is 1. The highest BCUT2D eigenvalue weighted by atomic mass is 32.2. The number of pyridine rings is 1. The van der Waals surface area contributed by atoms with Gasteiger partial charge in [0, 0.05) is 35.2 Å². The Labute approximate surface area is 234 Å². The van der Waals surface area contributed by atoms with E-state index in [4.69, 9.17) is 10.5 Å². The Kier molecular flexibility index (Phi) is 7.59. The molecule has 0 unspecified atom stereocenters. The summed E-state index contributed by atoms with van der Waals surface area (Å²) in [6, 6.07) is 18.2. The monoisotopic (exact) mass is 562 g/mol. The number of ketones is 1. The van der Waals surface area contributed by atoms with Gasteiger partial charge in [-0.3, -0.25) is 9.69 Å². The lowest BCUT2D eigenvalue weighted by molar-refractivity contribution is -0.137. The van der Waals surface area contributed by atoms with E-state index in [9.17, 15) is 23.2 Å². The third-order valence-electron chi connectivity index (χ3n) is 7.01. The third kappa shape index (κ3) is 5.05. The van der Waals surface area contributed by atoms with Gasteiger partial charge >= 0.3 is 6.18 Å². The number of anilines is 1. The van der Waals surface area contributed by atoms with Crippen LogP contribution in [0.5, 0.6) is 5.75 Å². The zero-order chi connectivity index (χ0) is 28.4. The molecule has 0 bridgehead atoms. The number of halogens is 3. The van der Waals surface area contributed by atoms with Gasteiger partial charge in [-0.15, -0.1) is 11.8 Å². The lowest BCUT2D eigenvalue weighted by atomic mass is 9.75. The van der Waals surface area contributed by atoms with Gasteiger partial charge in [-0.2, -0.15) is 18.4 Å². The normalized spacial score (nSPS) is 17.5. The number of carbonyl (C=O) groups excluding carboxylic acids is 1. The largest absolute Gasteiger partial charge is 0.496 e. The number of methoxy groups -OCH3 is 1. The van der Waals surface area contributed by atoms with Crippen LogP contribution in [-0.2, 0) is 16.7 Å². The first-order valence-electron chi connectivity index (χ1n) is 12.6. The van der Waals surface area contributed by atoms with E-state index in [-0.39, 0.29) is 29.3 Å². The maximum Gasteiger partial charge on any atom is 0.418 e. The van der Waals surface area contributed by atoms with Crippen molar-refractivity contribution in [3.63, 3.8) is 0 Å². The van der Waals surface area contributed by atoms with Crippen LogP contribution in [0.2, 0.25) is 0 Å². The standard InChI is InChI=1S/C30H25F3N4O2S/c1-39-25-13-12-18(15-19(25)17-40-26-11-4-5-14-36-26)27-20(16-34)29(35)37(23-9-6-10-24(38)28(23)27)22-8-3-2-7-21(22)30(31,32)33/h2-5,7-8,11-15,27H,6,9-10,17,35H2,1H3/t27-/m0/s1. The molecule has 5 rings (SSSR count). The van der Waals surface area contributed by atoms with Crippen molar-refractivity contribution >= 4 is 23.2 Å². The number of allylic oxidation sites excluding steroid dienone is 3. The summed E-state index contributed by atoms with van der Waals surface area (Å²) in [7, 11) is 1.56. The Morgan fingerprint density at radius 3 is 2.62 bits per heavy atom. The Hall–Kier alpha value is -4.23. The summed E-state index contributed by atoms with van der Waals surface area (Å²) in [6.45, 7) is 0. The number of Topliss-reactive ketones (excluding diaryl/α,β-unsaturated/α-hetero) is 1. The van der Waals surface area contributed by atoms with Gasteiger partial charge < -0.3 is 10.5 Å². The highest BCUT2D eigenvalue weighted by Crippen LogP contribution is 2.49. The predicted octanol–water partition coefficient (Wildman–Crippen LogP) is 6.71. The zero-order valence-corrected chi connectivity index (χ0v) is 22.4. The summed E-state index contributed by atoms with van der Waals surface area (Å²) in [5.74, 6) is 0.00121. The van der Waals surface area contributed by atoms with Crippen LogP contribution in [0, 0.1) is 11.3 Å². The van der Waals surface area contributed by atoms with E-state index in [1.807, 2.05) is 24.3 Å². The van der Waals surface area contributed by atoms with Crippen molar-refractivity contribution in [3.05, 3.63) is 106 Å². The van der Waals surface area contributed by atoms with E-state index in [0.717, 1.165) is 16.7 Å². The number of para-hydroxylation sites is 1. The van der Waals surface area contributed by atoms with Crippen LogP contribution in [-0.4, -0.2) is 17.9 Å². The van der Waals surface area contributed by atoms with Crippen molar-refractivity contribution in [2.75, 3.05) is 12.0 Å². The van der Waals surface area contributed by atoms with Gasteiger partial charge in [0.05, 0.1) is 40.9 Å². The highest BCUT2D eigenvalue weighted by Gasteiger charge is 2.43. The van der Waals surface area contributed by atoms with Crippen molar-refractivity contribution in [2.24, 2.45) is 5.73 Å². The molecule has 40 heavy (non-hydrogen) atoms. The molecule has 10 heteroatoms. The van der Waals surface area contributed by atoms with E-state index in [1.165, 1.54) is 34.9 Å². The summed E-state index contributed by atoms with van der Waals surface area (Å²) in [5.41, 5.74) is 7.62. The maximum absolute atomic E-state index is 14.0. The van der Waals surface area contributed by atoms with Gasteiger partial charge in [0.1, 0.15) is 11.6 Å². The fraction of sp³-hybridized carbons (Fsp3) is 0.233. The Morgan fingerprint density at radius 1 is 1.15 bits per heavy atom. The number of nitrogens with two attached hydrogens (primary N) is 1. The van der Waals surface area contributed by atoms with Crippen molar-refractivity contribution in [1.29, 1.82) is 5.26 Å². The van der Waals surface area contributed by atoms with Crippen LogP contribution in [0.3, 0.4) is 0 Å². The number of benzene rings is 2. The minimum atomic E-state index is -4.66. The molecular weight excluding hydrogens is 537 g/mol. The van der Waals surface area contributed by atoms with Crippen LogP contribution in [0.4, 0.5) is 18.9 Å². The van der Waals surface area contributed by atoms with Crippen molar-refractivity contribution < 1.29 is 22.7 Å². The summed E-state index contributed by atoms with van der Waals surface area (Å²) in [4.78, 5) is 19.0. The number of alkyl halides is 3. The number of hydrogen-bond donors (Lipinski definition) is 1. The predicted molar refractivity (Wildman–Crippen MR) is 146 cm³/mol. The molecular formula is C30H25F3N4O2S. The number of thioether (sulfide) groups is 1. The smallest absolute Gasteiger partial charge is 0.418 e. The number of ether oxygens (including phenoxy) is 1. The quantitative estimate of drug-likeness (QED) is 0.334. The molecule has 1 aromatic heterocycles. The van der Waals surface area contributed by atoms with Gasteiger partial charge in [0.15, 0.2) is 5.78 Å². The molecule has 0 fully saturated rings. The molecule has 0 saturated carbocycles. The van der Waals surface area contributed by atoms with E-state index in [2.05, 4.69) is 11.1 Å². The molecule has 0 radical (unpaired) electrons. The number of nitriles is 1.